The van der Waals surface area contributed by atoms with Crippen LogP contribution in [0.2, 0.25) is 6.82 Å². The Balaban J connectivity index is 1.95. The number of aromatic nitrogens is 5. The molecule has 122 valence electrons. The zero-order valence-electron chi connectivity index (χ0n) is 13.5. The minimum Gasteiger partial charge on any atom is -0.446 e. The summed E-state index contributed by atoms with van der Waals surface area (Å²) >= 11 is 0. The monoisotopic (exact) mass is 330 g/mol. The van der Waals surface area contributed by atoms with Gasteiger partial charge in [0, 0.05) is 29.5 Å². The van der Waals surface area contributed by atoms with Gasteiger partial charge in [0.1, 0.15) is 0 Å². The van der Waals surface area contributed by atoms with Crippen LogP contribution in [0, 0.1) is 0 Å². The summed E-state index contributed by atoms with van der Waals surface area (Å²) in [6, 6.07) is 9.53. The van der Waals surface area contributed by atoms with E-state index in [1.165, 1.54) is 6.20 Å². The Morgan fingerprint density at radius 3 is 2.84 bits per heavy atom. The summed E-state index contributed by atoms with van der Waals surface area (Å²) in [4.78, 5) is 4.50. The van der Waals surface area contributed by atoms with Gasteiger partial charge in [-0.2, -0.15) is 15.3 Å². The minimum atomic E-state index is -0.617. The van der Waals surface area contributed by atoms with Gasteiger partial charge < -0.3 is 10.8 Å². The number of benzene rings is 1. The first-order chi connectivity index (χ1) is 12.1. The number of hydrogen-bond donors (Lipinski definition) is 2. The van der Waals surface area contributed by atoms with Gasteiger partial charge in [-0.3, -0.25) is 0 Å². The van der Waals surface area contributed by atoms with Crippen LogP contribution in [-0.2, 0) is 0 Å². The number of nitrogens with two attached hydrogens (primary N) is 1. The first-order valence-electron chi connectivity index (χ1n) is 7.83. The van der Waals surface area contributed by atoms with Crippen molar-refractivity contribution >= 4 is 29.0 Å². The fraction of sp³-hybridized carbons (Fsp3) is 0.0588. The van der Waals surface area contributed by atoms with E-state index in [-0.39, 0.29) is 0 Å². The zero-order valence-corrected chi connectivity index (χ0v) is 13.5. The molecule has 25 heavy (non-hydrogen) atoms. The van der Waals surface area contributed by atoms with Gasteiger partial charge in [0.15, 0.2) is 5.82 Å². The number of rotatable bonds is 3. The lowest BCUT2D eigenvalue weighted by molar-refractivity contribution is 0.593. The minimum absolute atomic E-state index is 0.583. The van der Waals surface area contributed by atoms with Crippen LogP contribution in [0.15, 0.2) is 55.1 Å². The van der Waals surface area contributed by atoms with Gasteiger partial charge in [0.2, 0.25) is 0 Å². The molecule has 0 amide bonds. The molecule has 4 aromatic rings. The molecule has 8 heteroatoms. The summed E-state index contributed by atoms with van der Waals surface area (Å²) in [7, 11) is 0. The van der Waals surface area contributed by atoms with Crippen molar-refractivity contribution in [2.24, 2.45) is 0 Å². The van der Waals surface area contributed by atoms with E-state index < -0.39 is 6.92 Å². The second kappa shape index (κ2) is 5.99. The van der Waals surface area contributed by atoms with Crippen LogP contribution >= 0.6 is 0 Å². The molecule has 3 N–H and O–H groups in total. The van der Waals surface area contributed by atoms with Crippen LogP contribution in [0.4, 0.5) is 5.69 Å². The molecule has 0 saturated carbocycles. The molecular formula is C17H15BN6O. The molecule has 0 atom stereocenters. The van der Waals surface area contributed by atoms with Crippen molar-refractivity contribution in [2.75, 3.05) is 5.73 Å². The Morgan fingerprint density at radius 1 is 1.20 bits per heavy atom. The topological polar surface area (TPSA) is 103 Å². The summed E-state index contributed by atoms with van der Waals surface area (Å²) < 4.78 is 1.69. The maximum atomic E-state index is 9.92. The number of nitrogen functional groups attached to an aromatic ring is 1. The smallest absolute Gasteiger partial charge is 0.321 e. The van der Waals surface area contributed by atoms with Crippen LogP contribution < -0.4 is 11.2 Å². The van der Waals surface area contributed by atoms with Crippen molar-refractivity contribution in [3.05, 3.63) is 55.1 Å². The average molecular weight is 330 g/mol. The van der Waals surface area contributed by atoms with Crippen LogP contribution in [0.25, 0.3) is 27.8 Å². The summed E-state index contributed by atoms with van der Waals surface area (Å²) in [6.07, 6.45) is 6.71. The van der Waals surface area contributed by atoms with Crippen molar-refractivity contribution in [3.63, 3.8) is 0 Å². The third-order valence-electron chi connectivity index (χ3n) is 4.07. The van der Waals surface area contributed by atoms with Crippen molar-refractivity contribution in [2.45, 2.75) is 6.82 Å². The van der Waals surface area contributed by atoms with Gasteiger partial charge in [-0.05, 0) is 29.2 Å². The average Bonchev–Trinajstić information content (AvgIpc) is 3.15. The quantitative estimate of drug-likeness (QED) is 0.549. The highest BCUT2D eigenvalue weighted by Gasteiger charge is 2.15. The standard InChI is InChI=1S/C17H15BN6O/c1-18(25)12-8-14(17(20-9-12)24-6-2-5-22-24)11-3-4-13-15(19)10-21-23-16(13)7-11/h2-10,25H,1H3,(H2,19,23). The lowest BCUT2D eigenvalue weighted by Gasteiger charge is -2.12. The Kier molecular flexibility index (Phi) is 3.66. The Hall–Kier alpha value is -3.26. The maximum Gasteiger partial charge on any atom is 0.321 e. The van der Waals surface area contributed by atoms with Gasteiger partial charge in [-0.1, -0.05) is 19.0 Å². The SMILES string of the molecule is CB(O)c1cnc(-n2cccn2)c(-c2ccc3c(N)cnnc3c2)c1. The number of nitrogens with zero attached hydrogens (tertiary/aromatic N) is 5. The summed E-state index contributed by atoms with van der Waals surface area (Å²) in [5.41, 5.74) is 9.70. The maximum absolute atomic E-state index is 9.92. The van der Waals surface area contributed by atoms with Crippen LogP contribution in [0.3, 0.4) is 0 Å². The van der Waals surface area contributed by atoms with E-state index in [9.17, 15) is 5.02 Å². The molecule has 0 saturated heterocycles. The number of pyridine rings is 1. The summed E-state index contributed by atoms with van der Waals surface area (Å²) in [6.45, 7) is 1.09. The molecule has 0 radical (unpaired) electrons. The van der Waals surface area contributed by atoms with Crippen LogP contribution in [0.1, 0.15) is 0 Å². The fourth-order valence-electron chi connectivity index (χ4n) is 2.74. The van der Waals surface area contributed by atoms with Crippen molar-refractivity contribution < 1.29 is 5.02 Å². The summed E-state index contributed by atoms with van der Waals surface area (Å²) in [5, 5.41) is 23.1. The van der Waals surface area contributed by atoms with Crippen LogP contribution in [-0.4, -0.2) is 36.9 Å². The largest absolute Gasteiger partial charge is 0.446 e. The van der Waals surface area contributed by atoms with E-state index in [0.717, 1.165) is 22.0 Å². The highest BCUT2D eigenvalue weighted by atomic mass is 16.2. The Morgan fingerprint density at radius 2 is 2.08 bits per heavy atom. The van der Waals surface area contributed by atoms with Gasteiger partial charge in [0.25, 0.3) is 0 Å². The number of hydrogen-bond acceptors (Lipinski definition) is 6. The van der Waals surface area contributed by atoms with E-state index in [4.69, 9.17) is 5.73 Å². The van der Waals surface area contributed by atoms with E-state index in [1.54, 1.807) is 23.9 Å². The van der Waals surface area contributed by atoms with E-state index in [1.807, 2.05) is 36.5 Å². The lowest BCUT2D eigenvalue weighted by Crippen LogP contribution is -2.27. The molecular weight excluding hydrogens is 315 g/mol. The predicted octanol–water partition coefficient (Wildman–Crippen LogP) is 1.28. The highest BCUT2D eigenvalue weighted by Crippen LogP contribution is 2.28. The molecule has 0 aliphatic carbocycles. The van der Waals surface area contributed by atoms with Gasteiger partial charge in [-0.25, -0.2) is 9.67 Å². The fourth-order valence-corrected chi connectivity index (χ4v) is 2.74. The molecule has 0 aliphatic rings. The molecule has 0 fully saturated rings. The van der Waals surface area contributed by atoms with E-state index in [2.05, 4.69) is 20.3 Å². The normalized spacial score (nSPS) is 11.0. The van der Waals surface area contributed by atoms with Crippen molar-refractivity contribution in [1.82, 2.24) is 25.0 Å². The third-order valence-corrected chi connectivity index (χ3v) is 4.07. The summed E-state index contributed by atoms with van der Waals surface area (Å²) in [5.74, 6) is 0.672. The number of fused-ring (bicyclic) bond motifs is 1. The van der Waals surface area contributed by atoms with Gasteiger partial charge in [0.05, 0.1) is 17.4 Å². The lowest BCUT2D eigenvalue weighted by atomic mass is 9.65. The molecule has 0 aliphatic heterocycles. The molecule has 3 aromatic heterocycles. The molecule has 3 heterocycles. The van der Waals surface area contributed by atoms with Gasteiger partial charge >= 0.3 is 6.92 Å². The second-order valence-corrected chi connectivity index (χ2v) is 5.80. The molecule has 0 bridgehead atoms. The molecule has 0 unspecified atom stereocenters. The predicted molar refractivity (Wildman–Crippen MR) is 97.8 cm³/mol. The second-order valence-electron chi connectivity index (χ2n) is 5.80. The van der Waals surface area contributed by atoms with Gasteiger partial charge in [-0.15, -0.1) is 0 Å². The molecule has 7 nitrogen and oxygen atoms in total. The molecule has 0 spiro atoms. The molecule has 4 rings (SSSR count). The van der Waals surface area contributed by atoms with E-state index >= 15 is 0 Å². The zero-order chi connectivity index (χ0) is 17.4. The number of anilines is 1. The first-order valence-corrected chi connectivity index (χ1v) is 7.83. The third kappa shape index (κ3) is 2.72. The molecule has 1 aromatic carbocycles. The van der Waals surface area contributed by atoms with Crippen molar-refractivity contribution in [1.29, 1.82) is 0 Å². The first kappa shape index (κ1) is 15.3. The highest BCUT2D eigenvalue weighted by molar-refractivity contribution is 6.64. The Bertz CT molecular complexity index is 1050. The van der Waals surface area contributed by atoms with E-state index in [0.29, 0.717) is 17.0 Å². The van der Waals surface area contributed by atoms with Crippen molar-refractivity contribution in [3.8, 4) is 16.9 Å². The Labute approximate surface area is 144 Å². The van der Waals surface area contributed by atoms with Crippen LogP contribution in [0.5, 0.6) is 0 Å².